The van der Waals surface area contributed by atoms with Gasteiger partial charge in [-0.1, -0.05) is 30.8 Å². The molecule has 39 heavy (non-hydrogen) atoms. The Morgan fingerprint density at radius 1 is 1.13 bits per heavy atom. The van der Waals surface area contributed by atoms with Gasteiger partial charge in [0.15, 0.2) is 11.5 Å². The van der Waals surface area contributed by atoms with Gasteiger partial charge < -0.3 is 14.8 Å². The molecule has 0 radical (unpaired) electrons. The Bertz CT molecular complexity index is 1410. The van der Waals surface area contributed by atoms with Crippen molar-refractivity contribution < 1.29 is 32.2 Å². The summed E-state index contributed by atoms with van der Waals surface area (Å²) in [4.78, 5) is 30.2. The Hall–Kier alpha value is -3.58. The number of aromatic nitrogens is 1. The van der Waals surface area contributed by atoms with Crippen LogP contribution in [0.3, 0.4) is 0 Å². The highest BCUT2D eigenvalue weighted by Gasteiger charge is 2.34. The Morgan fingerprint density at radius 2 is 1.85 bits per heavy atom. The summed E-state index contributed by atoms with van der Waals surface area (Å²) in [6.07, 6.45) is -4.28. The van der Waals surface area contributed by atoms with Crippen LogP contribution in [0, 0.1) is 13.8 Å². The number of halogens is 3. The second-order valence-electron chi connectivity index (χ2n) is 8.54. The molecule has 0 saturated heterocycles. The normalized spacial score (nSPS) is 15.7. The molecule has 1 unspecified atom stereocenters. The van der Waals surface area contributed by atoms with E-state index in [1.165, 1.54) is 41.7 Å². The van der Waals surface area contributed by atoms with Crippen LogP contribution in [0.25, 0.3) is 0 Å². The predicted molar refractivity (Wildman–Crippen MR) is 145 cm³/mol. The molecule has 4 rings (SSSR count). The molecule has 1 aromatic heterocycles. The van der Waals surface area contributed by atoms with Crippen LogP contribution in [-0.2, 0) is 6.54 Å². The summed E-state index contributed by atoms with van der Waals surface area (Å²) >= 11 is 2.42. The largest absolute Gasteiger partial charge is 0.573 e. The fourth-order valence-corrected chi connectivity index (χ4v) is 5.67. The molecule has 3 aromatic rings. The number of hydrogen-bond donors (Lipinski definition) is 1. The first-order chi connectivity index (χ1) is 18.5. The van der Waals surface area contributed by atoms with Gasteiger partial charge in [0.2, 0.25) is 0 Å². The summed E-state index contributed by atoms with van der Waals surface area (Å²) in [5.41, 5.74) is 3.10. The first-order valence-corrected chi connectivity index (χ1v) is 13.5. The molecule has 0 fully saturated rings. The van der Waals surface area contributed by atoms with Crippen molar-refractivity contribution in [3.63, 3.8) is 0 Å². The summed E-state index contributed by atoms with van der Waals surface area (Å²) in [6, 6.07) is 11.1. The number of amides is 2. The molecule has 2 amide bonds. The van der Waals surface area contributed by atoms with Crippen molar-refractivity contribution in [2.75, 3.05) is 12.4 Å². The highest BCUT2D eigenvalue weighted by Crippen LogP contribution is 2.36. The molecular weight excluding hydrogens is 553 g/mol. The monoisotopic (exact) mass is 578 g/mol. The number of rotatable bonds is 8. The molecule has 13 heteroatoms. The number of carbonyl (C=O) groups excluding carboxylic acids is 2. The number of thiazole rings is 1. The average molecular weight is 579 g/mol. The van der Waals surface area contributed by atoms with Gasteiger partial charge in [-0.3, -0.25) is 9.59 Å². The Balaban J connectivity index is 1.53. The molecule has 0 aliphatic carbocycles. The topological polar surface area (TPSA) is 93.1 Å². The number of benzene rings is 2. The van der Waals surface area contributed by atoms with Crippen LogP contribution in [0.15, 0.2) is 47.6 Å². The van der Waals surface area contributed by atoms with Crippen molar-refractivity contribution in [3.8, 4) is 11.5 Å². The molecule has 0 saturated carbocycles. The number of aryl methyl sites for hydroxylation is 2. The van der Waals surface area contributed by atoms with Crippen molar-refractivity contribution in [2.45, 2.75) is 45.3 Å². The van der Waals surface area contributed by atoms with Crippen molar-refractivity contribution in [3.05, 3.63) is 69.2 Å². The molecule has 2 heterocycles. The van der Waals surface area contributed by atoms with Gasteiger partial charge in [0.05, 0.1) is 35.3 Å². The number of hydrogen-bond acceptors (Lipinski definition) is 8. The minimum absolute atomic E-state index is 0.0999. The maximum Gasteiger partial charge on any atom is 0.573 e. The van der Waals surface area contributed by atoms with Gasteiger partial charge in [0.25, 0.3) is 5.91 Å². The number of nitrogens with one attached hydrogen (secondary N) is 1. The van der Waals surface area contributed by atoms with Gasteiger partial charge in [0, 0.05) is 11.3 Å². The zero-order chi connectivity index (χ0) is 28.3. The summed E-state index contributed by atoms with van der Waals surface area (Å²) in [6.45, 7) is 5.69. The van der Waals surface area contributed by atoms with Crippen molar-refractivity contribution >= 4 is 45.6 Å². The maximum atomic E-state index is 12.8. The fourth-order valence-electron chi connectivity index (χ4n) is 3.93. The zero-order valence-electron chi connectivity index (χ0n) is 21.5. The smallest absolute Gasteiger partial charge is 0.493 e. The number of methoxy groups -OCH3 is 1. The van der Waals surface area contributed by atoms with E-state index >= 15 is 0 Å². The second-order valence-corrected chi connectivity index (χ2v) is 10.9. The lowest BCUT2D eigenvalue weighted by Crippen LogP contribution is -2.34. The molecule has 1 aliphatic rings. The number of thioether (sulfide) groups is 1. The predicted octanol–water partition coefficient (Wildman–Crippen LogP) is 6.77. The van der Waals surface area contributed by atoms with E-state index in [0.717, 1.165) is 22.3 Å². The van der Waals surface area contributed by atoms with E-state index in [1.54, 1.807) is 31.2 Å². The number of alkyl halides is 3. The Labute approximate surface area is 231 Å². The SMILES string of the molecule is CCC1SC(=O)N(Cc2ccc(NC(=O)c3sc(C)nc3C)cc2)N=C1c1ccc(OC(F)(F)F)c(OC)c1. The van der Waals surface area contributed by atoms with E-state index < -0.39 is 12.1 Å². The minimum atomic E-state index is -4.86. The van der Waals surface area contributed by atoms with Gasteiger partial charge in [-0.2, -0.15) is 5.10 Å². The first-order valence-electron chi connectivity index (χ1n) is 11.8. The number of anilines is 1. The average Bonchev–Trinajstić information content (AvgIpc) is 3.23. The Morgan fingerprint density at radius 3 is 2.44 bits per heavy atom. The van der Waals surface area contributed by atoms with Gasteiger partial charge >= 0.3 is 11.6 Å². The summed E-state index contributed by atoms with van der Waals surface area (Å²) in [5.74, 6) is -0.806. The standard InChI is InChI=1S/C26H25F3N4O4S2/c1-5-21-22(17-8-11-19(20(12-17)36-4)37-26(27,28)29)32-33(25(35)39-21)13-16-6-9-18(10-7-16)31-24(34)23-14(2)30-15(3)38-23/h6-12,21H,5,13H2,1-4H3,(H,31,34). The van der Waals surface area contributed by atoms with Crippen LogP contribution in [-0.4, -0.2) is 45.6 Å². The molecule has 1 atom stereocenters. The highest BCUT2D eigenvalue weighted by molar-refractivity contribution is 8.14. The van der Waals surface area contributed by atoms with Crippen molar-refractivity contribution in [2.24, 2.45) is 5.10 Å². The van der Waals surface area contributed by atoms with Crippen molar-refractivity contribution in [1.82, 2.24) is 9.99 Å². The molecule has 206 valence electrons. The third kappa shape index (κ3) is 6.90. The number of nitrogens with zero attached hydrogens (tertiary/aromatic N) is 3. The second kappa shape index (κ2) is 11.7. The number of ether oxygens (including phenoxy) is 2. The molecular formula is C26H25F3N4O4S2. The third-order valence-electron chi connectivity index (χ3n) is 5.70. The van der Waals surface area contributed by atoms with Crippen LogP contribution in [0.2, 0.25) is 0 Å². The lowest BCUT2D eigenvalue weighted by Gasteiger charge is -2.28. The van der Waals surface area contributed by atoms with E-state index in [4.69, 9.17) is 4.74 Å². The van der Waals surface area contributed by atoms with Gasteiger partial charge in [0.1, 0.15) is 4.88 Å². The van der Waals surface area contributed by atoms with Crippen LogP contribution in [0.5, 0.6) is 11.5 Å². The van der Waals surface area contributed by atoms with Crippen molar-refractivity contribution in [1.29, 1.82) is 0 Å². The lowest BCUT2D eigenvalue weighted by molar-refractivity contribution is -0.275. The Kier molecular flexibility index (Phi) is 8.50. The molecule has 1 N–H and O–H groups in total. The molecule has 0 spiro atoms. The first kappa shape index (κ1) is 28.4. The van der Waals surface area contributed by atoms with E-state index in [9.17, 15) is 22.8 Å². The summed E-state index contributed by atoms with van der Waals surface area (Å²) < 4.78 is 47.4. The highest BCUT2D eigenvalue weighted by atomic mass is 32.2. The molecule has 0 bridgehead atoms. The van der Waals surface area contributed by atoms with E-state index in [2.05, 4.69) is 20.1 Å². The van der Waals surface area contributed by atoms with Gasteiger partial charge in [-0.05, 0) is 56.2 Å². The minimum Gasteiger partial charge on any atom is -0.493 e. The van der Waals surface area contributed by atoms with Gasteiger partial charge in [-0.25, -0.2) is 9.99 Å². The third-order valence-corrected chi connectivity index (χ3v) is 8.02. The summed E-state index contributed by atoms with van der Waals surface area (Å²) in [5, 5.41) is 9.01. The van der Waals surface area contributed by atoms with E-state index in [1.807, 2.05) is 13.8 Å². The van der Waals surface area contributed by atoms with E-state index in [0.29, 0.717) is 34.0 Å². The fraction of sp³-hybridized carbons (Fsp3) is 0.308. The quantitative estimate of drug-likeness (QED) is 0.317. The summed E-state index contributed by atoms with van der Waals surface area (Å²) in [7, 11) is 1.25. The molecule has 1 aliphatic heterocycles. The van der Waals surface area contributed by atoms with Crippen LogP contribution in [0.4, 0.5) is 23.7 Å². The molecule has 8 nitrogen and oxygen atoms in total. The molecule has 2 aromatic carbocycles. The van der Waals surface area contributed by atoms with Crippen LogP contribution in [0.1, 0.15) is 44.8 Å². The maximum absolute atomic E-state index is 12.8. The number of carbonyl (C=O) groups is 2. The zero-order valence-corrected chi connectivity index (χ0v) is 23.1. The lowest BCUT2D eigenvalue weighted by atomic mass is 10.0. The van der Waals surface area contributed by atoms with Crippen LogP contribution < -0.4 is 14.8 Å². The number of hydrazone groups is 1. The van der Waals surface area contributed by atoms with E-state index in [-0.39, 0.29) is 28.7 Å². The van der Waals surface area contributed by atoms with Gasteiger partial charge in [-0.15, -0.1) is 24.5 Å². The van der Waals surface area contributed by atoms with Crippen LogP contribution >= 0.6 is 23.1 Å².